The van der Waals surface area contributed by atoms with E-state index in [-0.39, 0.29) is 24.0 Å². The second-order valence-corrected chi connectivity index (χ2v) is 6.41. The minimum absolute atomic E-state index is 0. The zero-order chi connectivity index (χ0) is 20.9. The monoisotopic (exact) mass is 528 g/mol. The van der Waals surface area contributed by atoms with Crippen molar-refractivity contribution in [1.29, 1.82) is 0 Å². The summed E-state index contributed by atoms with van der Waals surface area (Å²) in [6.07, 6.45) is 3.62. The minimum Gasteiger partial charge on any atom is -0.493 e. The summed E-state index contributed by atoms with van der Waals surface area (Å²) in [4.78, 5) is 8.95. The molecular weight excluding hydrogens is 495 g/mol. The molecule has 166 valence electrons. The molecule has 1 aromatic carbocycles. The Balaban J connectivity index is 0.00000450. The van der Waals surface area contributed by atoms with Gasteiger partial charge in [-0.05, 0) is 43.0 Å². The molecular formula is C22H33IN4O3. The summed E-state index contributed by atoms with van der Waals surface area (Å²) in [6, 6.07) is 9.85. The molecule has 0 bridgehead atoms. The zero-order valence-corrected chi connectivity index (χ0v) is 20.6. The number of hydrogen-bond donors (Lipinski definition) is 2. The lowest BCUT2D eigenvalue weighted by atomic mass is 10.1. The van der Waals surface area contributed by atoms with E-state index in [2.05, 4.69) is 27.5 Å². The highest BCUT2D eigenvalue weighted by molar-refractivity contribution is 14.0. The number of halogens is 1. The first-order chi connectivity index (χ1) is 14.2. The number of benzene rings is 1. The van der Waals surface area contributed by atoms with E-state index >= 15 is 0 Å². The van der Waals surface area contributed by atoms with Gasteiger partial charge in [-0.15, -0.1) is 24.0 Å². The van der Waals surface area contributed by atoms with Crippen LogP contribution in [-0.2, 0) is 13.0 Å². The summed E-state index contributed by atoms with van der Waals surface area (Å²) >= 11 is 0. The molecule has 0 saturated carbocycles. The predicted molar refractivity (Wildman–Crippen MR) is 132 cm³/mol. The highest BCUT2D eigenvalue weighted by atomic mass is 127. The maximum Gasteiger partial charge on any atom is 0.213 e. The molecule has 0 aliphatic rings. The van der Waals surface area contributed by atoms with Crippen LogP contribution in [-0.4, -0.2) is 44.9 Å². The largest absolute Gasteiger partial charge is 0.493 e. The van der Waals surface area contributed by atoms with E-state index in [0.29, 0.717) is 19.0 Å². The molecule has 8 heteroatoms. The highest BCUT2D eigenvalue weighted by Crippen LogP contribution is 2.27. The summed E-state index contributed by atoms with van der Waals surface area (Å²) in [5.41, 5.74) is 2.20. The molecule has 0 spiro atoms. The Bertz CT molecular complexity index is 769. The number of nitrogens with zero attached hydrogens (tertiary/aromatic N) is 2. The van der Waals surface area contributed by atoms with E-state index in [4.69, 9.17) is 14.2 Å². The van der Waals surface area contributed by atoms with Gasteiger partial charge in [0.1, 0.15) is 0 Å². The number of guanidine groups is 1. The van der Waals surface area contributed by atoms with Crippen molar-refractivity contribution >= 4 is 29.9 Å². The maximum absolute atomic E-state index is 5.51. The Morgan fingerprint density at radius 3 is 2.40 bits per heavy atom. The van der Waals surface area contributed by atoms with E-state index in [1.54, 1.807) is 14.2 Å². The van der Waals surface area contributed by atoms with Crippen molar-refractivity contribution < 1.29 is 14.2 Å². The number of aromatic nitrogens is 1. The van der Waals surface area contributed by atoms with Gasteiger partial charge in [-0.1, -0.05) is 19.1 Å². The number of rotatable bonds is 11. The Kier molecular flexibility index (Phi) is 12.6. The summed E-state index contributed by atoms with van der Waals surface area (Å²) in [7, 11) is 3.28. The topological polar surface area (TPSA) is 77.0 Å². The Morgan fingerprint density at radius 1 is 1.00 bits per heavy atom. The smallest absolute Gasteiger partial charge is 0.213 e. The molecule has 0 atom stereocenters. The molecule has 0 aliphatic heterocycles. The van der Waals surface area contributed by atoms with Crippen molar-refractivity contribution in [2.75, 3.05) is 33.9 Å². The molecule has 0 saturated heterocycles. The molecule has 2 N–H and O–H groups in total. The summed E-state index contributed by atoms with van der Waals surface area (Å²) in [5.74, 6) is 2.90. The number of methoxy groups -OCH3 is 2. The van der Waals surface area contributed by atoms with Gasteiger partial charge in [0, 0.05) is 25.4 Å². The Hall–Kier alpha value is -2.23. The van der Waals surface area contributed by atoms with Gasteiger partial charge < -0.3 is 24.8 Å². The van der Waals surface area contributed by atoms with Crippen molar-refractivity contribution in [2.24, 2.45) is 4.99 Å². The molecule has 1 aromatic heterocycles. The molecule has 0 amide bonds. The molecule has 1 heterocycles. The van der Waals surface area contributed by atoms with Crippen LogP contribution in [0.4, 0.5) is 0 Å². The van der Waals surface area contributed by atoms with Gasteiger partial charge in [-0.2, -0.15) is 0 Å². The maximum atomic E-state index is 5.51. The fraction of sp³-hybridized carbons (Fsp3) is 0.455. The number of ether oxygens (including phenoxy) is 3. The molecule has 0 unspecified atom stereocenters. The van der Waals surface area contributed by atoms with Gasteiger partial charge in [0.2, 0.25) is 5.88 Å². The second-order valence-electron chi connectivity index (χ2n) is 6.41. The van der Waals surface area contributed by atoms with E-state index < -0.39 is 0 Å². The average Bonchev–Trinajstić information content (AvgIpc) is 2.76. The van der Waals surface area contributed by atoms with Gasteiger partial charge in [0.05, 0.1) is 27.4 Å². The predicted octanol–water partition coefficient (Wildman–Crippen LogP) is 3.80. The van der Waals surface area contributed by atoms with Crippen molar-refractivity contribution in [3.8, 4) is 17.4 Å². The SMILES string of the molecule is CCCOc1ccc(CN=C(NCC)NCCc2ccc(OC)c(OC)c2)cn1.I. The molecule has 7 nitrogen and oxygen atoms in total. The van der Waals surface area contributed by atoms with Crippen LogP contribution in [0.3, 0.4) is 0 Å². The molecule has 0 radical (unpaired) electrons. The van der Waals surface area contributed by atoms with Crippen molar-refractivity contribution in [1.82, 2.24) is 15.6 Å². The minimum atomic E-state index is 0. The number of hydrogen-bond acceptors (Lipinski definition) is 5. The molecule has 0 fully saturated rings. The normalized spacial score (nSPS) is 10.7. The van der Waals surface area contributed by atoms with Crippen LogP contribution >= 0.6 is 24.0 Å². The lowest BCUT2D eigenvalue weighted by molar-refractivity contribution is 0.305. The van der Waals surface area contributed by atoms with E-state index in [1.807, 2.05) is 43.5 Å². The van der Waals surface area contributed by atoms with E-state index in [1.165, 1.54) is 0 Å². The number of aliphatic imine (C=N–C) groups is 1. The Morgan fingerprint density at radius 2 is 1.77 bits per heavy atom. The van der Waals surface area contributed by atoms with Crippen LogP contribution in [0.5, 0.6) is 17.4 Å². The van der Waals surface area contributed by atoms with Crippen LogP contribution < -0.4 is 24.8 Å². The van der Waals surface area contributed by atoms with Gasteiger partial charge in [-0.25, -0.2) is 9.98 Å². The van der Waals surface area contributed by atoms with Gasteiger partial charge in [0.25, 0.3) is 0 Å². The first-order valence-electron chi connectivity index (χ1n) is 10.0. The first-order valence-corrected chi connectivity index (χ1v) is 10.0. The van der Waals surface area contributed by atoms with Crippen molar-refractivity contribution in [2.45, 2.75) is 33.2 Å². The van der Waals surface area contributed by atoms with E-state index in [0.717, 1.165) is 54.5 Å². The molecule has 0 aliphatic carbocycles. The van der Waals surface area contributed by atoms with Gasteiger partial charge in [-0.3, -0.25) is 0 Å². The second kappa shape index (κ2) is 14.7. The summed E-state index contributed by atoms with van der Waals surface area (Å²) in [5, 5.41) is 6.63. The fourth-order valence-corrected chi connectivity index (χ4v) is 2.67. The standard InChI is InChI=1S/C22H32N4O3.HI/c1-5-13-29-21-10-8-18(15-25-21)16-26-22(23-6-2)24-12-11-17-7-9-19(27-3)20(14-17)28-4;/h7-10,14-15H,5-6,11-13,16H2,1-4H3,(H2,23,24,26);1H. The fourth-order valence-electron chi connectivity index (χ4n) is 2.67. The lowest BCUT2D eigenvalue weighted by Gasteiger charge is -2.13. The summed E-state index contributed by atoms with van der Waals surface area (Å²) in [6.45, 7) is 6.90. The van der Waals surface area contributed by atoms with Crippen LogP contribution in [0.2, 0.25) is 0 Å². The Labute approximate surface area is 196 Å². The average molecular weight is 528 g/mol. The zero-order valence-electron chi connectivity index (χ0n) is 18.2. The molecule has 30 heavy (non-hydrogen) atoms. The lowest BCUT2D eigenvalue weighted by Crippen LogP contribution is -2.38. The van der Waals surface area contributed by atoms with E-state index in [9.17, 15) is 0 Å². The van der Waals surface area contributed by atoms with Crippen molar-refractivity contribution in [3.05, 3.63) is 47.7 Å². The number of nitrogens with one attached hydrogen (secondary N) is 2. The molecule has 2 aromatic rings. The third-order valence-corrected chi connectivity index (χ3v) is 4.17. The van der Waals surface area contributed by atoms with Crippen LogP contribution in [0.1, 0.15) is 31.4 Å². The van der Waals surface area contributed by atoms with Crippen LogP contribution in [0.25, 0.3) is 0 Å². The quantitative estimate of drug-likeness (QED) is 0.263. The number of pyridine rings is 1. The van der Waals surface area contributed by atoms with Crippen molar-refractivity contribution in [3.63, 3.8) is 0 Å². The van der Waals surface area contributed by atoms with Crippen LogP contribution in [0.15, 0.2) is 41.5 Å². The third kappa shape index (κ3) is 8.64. The summed E-state index contributed by atoms with van der Waals surface area (Å²) < 4.78 is 16.2. The van der Waals surface area contributed by atoms with Gasteiger partial charge in [0.15, 0.2) is 17.5 Å². The highest BCUT2D eigenvalue weighted by Gasteiger charge is 2.05. The molecule has 2 rings (SSSR count). The van der Waals surface area contributed by atoms with Gasteiger partial charge >= 0.3 is 0 Å². The first kappa shape index (κ1) is 25.8. The van der Waals surface area contributed by atoms with Crippen LogP contribution in [0, 0.1) is 0 Å². The third-order valence-electron chi connectivity index (χ3n) is 4.17.